The second-order valence-corrected chi connectivity index (χ2v) is 9.55. The molecule has 11 heteroatoms. The molecule has 2 N–H and O–H groups in total. The fourth-order valence-electron chi connectivity index (χ4n) is 3.19. The molecule has 156 valence electrons. The van der Waals surface area contributed by atoms with Crippen LogP contribution >= 0.6 is 11.3 Å². The van der Waals surface area contributed by atoms with Crippen LogP contribution in [0.2, 0.25) is 0 Å². The van der Waals surface area contributed by atoms with Gasteiger partial charge in [-0.2, -0.15) is 4.31 Å². The quantitative estimate of drug-likeness (QED) is 0.455. The van der Waals surface area contributed by atoms with E-state index in [4.69, 9.17) is 5.21 Å². The summed E-state index contributed by atoms with van der Waals surface area (Å²) in [5.41, 5.74) is 3.40. The van der Waals surface area contributed by atoms with Crippen molar-refractivity contribution in [3.05, 3.63) is 59.9 Å². The first-order chi connectivity index (χ1) is 14.5. The minimum Gasteiger partial charge on any atom is -0.345 e. The van der Waals surface area contributed by atoms with Gasteiger partial charge in [-0.05, 0) is 29.3 Å². The van der Waals surface area contributed by atoms with Gasteiger partial charge in [-0.3, -0.25) is 15.0 Å². The summed E-state index contributed by atoms with van der Waals surface area (Å²) in [5.74, 6) is -0.616. The van der Waals surface area contributed by atoms with Crippen LogP contribution in [0.1, 0.15) is 9.67 Å². The third-order valence-corrected chi connectivity index (χ3v) is 7.78. The van der Waals surface area contributed by atoms with Crippen molar-refractivity contribution in [1.29, 1.82) is 0 Å². The van der Waals surface area contributed by atoms with Crippen molar-refractivity contribution in [3.8, 4) is 11.1 Å². The van der Waals surface area contributed by atoms with Gasteiger partial charge in [0.2, 0.25) is 10.0 Å². The fourth-order valence-corrected chi connectivity index (χ4v) is 5.47. The number of benzene rings is 1. The molecule has 3 aromatic rings. The number of aromatic nitrogens is 2. The highest BCUT2D eigenvalue weighted by molar-refractivity contribution is 7.89. The second-order valence-electron chi connectivity index (χ2n) is 6.61. The van der Waals surface area contributed by atoms with Gasteiger partial charge in [0, 0.05) is 38.6 Å². The minimum atomic E-state index is -3.60. The van der Waals surface area contributed by atoms with Crippen LogP contribution in [0.25, 0.3) is 11.1 Å². The monoisotopic (exact) mass is 445 g/mol. The summed E-state index contributed by atoms with van der Waals surface area (Å²) in [5, 5.41) is 9.33. The van der Waals surface area contributed by atoms with Crippen LogP contribution in [-0.2, 0) is 10.0 Å². The molecule has 0 atom stereocenters. The molecule has 0 aliphatic carbocycles. The molecule has 0 unspecified atom stereocenters. The first kappa shape index (κ1) is 20.4. The molecule has 0 radical (unpaired) electrons. The number of sulfonamides is 1. The number of nitrogens with zero attached hydrogens (tertiary/aromatic N) is 4. The Balaban J connectivity index is 1.43. The number of carbonyl (C=O) groups is 1. The Bertz CT molecular complexity index is 1130. The van der Waals surface area contributed by atoms with E-state index in [2.05, 4.69) is 9.97 Å². The average molecular weight is 446 g/mol. The maximum Gasteiger partial charge on any atom is 0.286 e. The summed E-state index contributed by atoms with van der Waals surface area (Å²) >= 11 is 1.15. The first-order valence-corrected chi connectivity index (χ1v) is 11.4. The van der Waals surface area contributed by atoms with Gasteiger partial charge in [0.1, 0.15) is 4.88 Å². The molecule has 1 aromatic carbocycles. The maximum absolute atomic E-state index is 13.0. The van der Waals surface area contributed by atoms with E-state index in [-0.39, 0.29) is 9.77 Å². The number of rotatable bonds is 5. The fraction of sp³-hybridized carbons (Fsp3) is 0.211. The van der Waals surface area contributed by atoms with Crippen LogP contribution in [-0.4, -0.2) is 60.0 Å². The zero-order chi connectivity index (χ0) is 21.1. The lowest BCUT2D eigenvalue weighted by atomic mass is 10.1. The number of carbonyl (C=O) groups excluding carboxylic acids is 1. The van der Waals surface area contributed by atoms with Gasteiger partial charge in [-0.15, -0.1) is 0 Å². The number of hydrogen-bond donors (Lipinski definition) is 2. The van der Waals surface area contributed by atoms with Crippen molar-refractivity contribution in [3.63, 3.8) is 0 Å². The molecule has 2 aromatic heterocycles. The Morgan fingerprint density at radius 2 is 1.77 bits per heavy atom. The second kappa shape index (κ2) is 8.48. The van der Waals surface area contributed by atoms with Crippen molar-refractivity contribution in [2.45, 2.75) is 4.90 Å². The molecule has 30 heavy (non-hydrogen) atoms. The number of hydrogen-bond acceptors (Lipinski definition) is 8. The minimum absolute atomic E-state index is 0.250. The summed E-state index contributed by atoms with van der Waals surface area (Å²) in [6.45, 7) is 1.54. The van der Waals surface area contributed by atoms with Gasteiger partial charge in [-0.1, -0.05) is 29.5 Å². The largest absolute Gasteiger partial charge is 0.345 e. The van der Waals surface area contributed by atoms with Crippen LogP contribution in [0.4, 0.5) is 5.13 Å². The lowest BCUT2D eigenvalue weighted by Gasteiger charge is -2.33. The molecule has 9 nitrogen and oxygen atoms in total. The summed E-state index contributed by atoms with van der Waals surface area (Å²) < 4.78 is 27.5. The van der Waals surface area contributed by atoms with E-state index in [0.717, 1.165) is 22.5 Å². The highest BCUT2D eigenvalue weighted by Gasteiger charge is 2.29. The van der Waals surface area contributed by atoms with Gasteiger partial charge >= 0.3 is 0 Å². The normalized spacial score (nSPS) is 15.2. The standard InChI is InChI=1S/C19H19N5O4S2/c25-18(22-26)17-13-21-19(29-17)23-8-10-24(11-9-23)30(27,28)16-5-3-14(4-6-16)15-2-1-7-20-12-15/h1-7,12-13,26H,8-11H2,(H,22,25). The zero-order valence-corrected chi connectivity index (χ0v) is 17.4. The Kier molecular flexibility index (Phi) is 5.77. The van der Waals surface area contributed by atoms with E-state index in [1.165, 1.54) is 10.5 Å². The predicted octanol–water partition coefficient (Wildman–Crippen LogP) is 1.84. The molecule has 0 spiro atoms. The van der Waals surface area contributed by atoms with Gasteiger partial charge in [-0.25, -0.2) is 18.9 Å². The highest BCUT2D eigenvalue weighted by atomic mass is 32.2. The molecular weight excluding hydrogens is 426 g/mol. The smallest absolute Gasteiger partial charge is 0.286 e. The molecule has 1 amide bonds. The predicted molar refractivity (Wildman–Crippen MR) is 112 cm³/mol. The Labute approximate surface area is 177 Å². The number of pyridine rings is 1. The number of anilines is 1. The number of thiazole rings is 1. The van der Waals surface area contributed by atoms with Crippen LogP contribution in [0.3, 0.4) is 0 Å². The van der Waals surface area contributed by atoms with Crippen molar-refractivity contribution >= 4 is 32.4 Å². The number of hydroxylamine groups is 1. The lowest BCUT2D eigenvalue weighted by Crippen LogP contribution is -2.48. The van der Waals surface area contributed by atoms with E-state index in [0.29, 0.717) is 31.3 Å². The molecule has 1 aliphatic heterocycles. The van der Waals surface area contributed by atoms with Crippen molar-refractivity contribution < 1.29 is 18.4 Å². The third kappa shape index (κ3) is 4.05. The van der Waals surface area contributed by atoms with Gasteiger partial charge in [0.25, 0.3) is 5.91 Å². The van der Waals surface area contributed by atoms with Gasteiger partial charge < -0.3 is 4.90 Å². The first-order valence-electron chi connectivity index (χ1n) is 9.15. The molecule has 4 rings (SSSR count). The molecule has 1 aliphatic rings. The molecule has 1 saturated heterocycles. The summed E-state index contributed by atoms with van der Waals surface area (Å²) in [6.07, 6.45) is 4.81. The number of amides is 1. The topological polar surface area (TPSA) is 116 Å². The molecule has 1 fully saturated rings. The summed E-state index contributed by atoms with van der Waals surface area (Å²) in [4.78, 5) is 22.2. The van der Waals surface area contributed by atoms with E-state index < -0.39 is 15.9 Å². The van der Waals surface area contributed by atoms with Gasteiger partial charge in [0.15, 0.2) is 5.13 Å². The Morgan fingerprint density at radius 1 is 1.03 bits per heavy atom. The lowest BCUT2D eigenvalue weighted by molar-refractivity contribution is 0.0710. The number of piperazine rings is 1. The van der Waals surface area contributed by atoms with Crippen LogP contribution < -0.4 is 10.4 Å². The van der Waals surface area contributed by atoms with Gasteiger partial charge in [0.05, 0.1) is 11.1 Å². The molecule has 3 heterocycles. The molecule has 0 saturated carbocycles. The molecule has 0 bridgehead atoms. The SMILES string of the molecule is O=C(NO)c1cnc(N2CCN(S(=O)(=O)c3ccc(-c4cccnc4)cc3)CC2)s1. The third-order valence-electron chi connectivity index (χ3n) is 4.81. The Hall–Kier alpha value is -2.86. The van der Waals surface area contributed by atoms with E-state index >= 15 is 0 Å². The Morgan fingerprint density at radius 3 is 2.40 bits per heavy atom. The van der Waals surface area contributed by atoms with Crippen molar-refractivity contribution in [2.75, 3.05) is 31.1 Å². The maximum atomic E-state index is 13.0. The van der Waals surface area contributed by atoms with E-state index in [1.54, 1.807) is 42.1 Å². The molecular formula is C19H19N5O4S2. The summed E-state index contributed by atoms with van der Waals surface area (Å²) in [6, 6.07) is 10.5. The van der Waals surface area contributed by atoms with Crippen LogP contribution in [0, 0.1) is 0 Å². The number of nitrogens with one attached hydrogen (secondary N) is 1. The van der Waals surface area contributed by atoms with Crippen molar-refractivity contribution in [1.82, 2.24) is 19.8 Å². The van der Waals surface area contributed by atoms with E-state index in [9.17, 15) is 13.2 Å². The van der Waals surface area contributed by atoms with Crippen LogP contribution in [0.5, 0.6) is 0 Å². The van der Waals surface area contributed by atoms with Crippen LogP contribution in [0.15, 0.2) is 59.9 Å². The average Bonchev–Trinajstić information content (AvgIpc) is 3.30. The van der Waals surface area contributed by atoms with E-state index in [1.807, 2.05) is 17.0 Å². The van der Waals surface area contributed by atoms with Crippen molar-refractivity contribution in [2.24, 2.45) is 0 Å². The summed E-state index contributed by atoms with van der Waals surface area (Å²) in [7, 11) is -3.60. The highest BCUT2D eigenvalue weighted by Crippen LogP contribution is 2.26. The zero-order valence-electron chi connectivity index (χ0n) is 15.8.